The predicted octanol–water partition coefficient (Wildman–Crippen LogP) is 4.78. The van der Waals surface area contributed by atoms with Crippen LogP contribution in [0.5, 0.6) is 0 Å². The summed E-state index contributed by atoms with van der Waals surface area (Å²) in [6.45, 7) is 1.64. The number of hydrogen-bond acceptors (Lipinski definition) is 4. The average Bonchev–Trinajstić information content (AvgIpc) is 3.05. The molecule has 3 rings (SSSR count). The Bertz CT molecular complexity index is 581. The molecule has 0 bridgehead atoms. The summed E-state index contributed by atoms with van der Waals surface area (Å²) in [5, 5.41) is 2.65. The monoisotopic (exact) mass is 343 g/mol. The zero-order valence-electron chi connectivity index (χ0n) is 10.8. The molecular weight excluding hydrogens is 330 g/mol. The van der Waals surface area contributed by atoms with Crippen molar-refractivity contribution in [2.24, 2.45) is 0 Å². The lowest BCUT2D eigenvalue weighted by Gasteiger charge is -2.19. The topological polar surface area (TPSA) is 20.3 Å². The van der Waals surface area contributed by atoms with Crippen LogP contribution in [0, 0.1) is 0 Å². The maximum absolute atomic E-state index is 12.4. The Balaban J connectivity index is 1.66. The molecule has 0 spiro atoms. The fourth-order valence-corrected chi connectivity index (χ4v) is 5.51. The molecule has 20 heavy (non-hydrogen) atoms. The molecule has 106 valence electrons. The predicted molar refractivity (Wildman–Crippen MR) is 89.4 cm³/mol. The molecule has 0 radical (unpaired) electrons. The molecule has 0 saturated carbocycles. The Morgan fingerprint density at radius 2 is 2.20 bits per heavy atom. The van der Waals surface area contributed by atoms with Crippen molar-refractivity contribution in [3.05, 3.63) is 43.7 Å². The van der Waals surface area contributed by atoms with Crippen molar-refractivity contribution >= 4 is 51.9 Å². The molecule has 6 heteroatoms. The second-order valence-electron chi connectivity index (χ2n) is 4.56. The number of thioether (sulfide) groups is 1. The van der Waals surface area contributed by atoms with Gasteiger partial charge in [-0.25, -0.2) is 0 Å². The quantitative estimate of drug-likeness (QED) is 0.781. The zero-order chi connectivity index (χ0) is 13.9. The molecule has 1 aliphatic heterocycles. The maximum atomic E-state index is 12.4. The van der Waals surface area contributed by atoms with E-state index >= 15 is 0 Å². The van der Waals surface area contributed by atoms with E-state index in [1.807, 2.05) is 34.1 Å². The lowest BCUT2D eigenvalue weighted by molar-refractivity contribution is 0.0771. The van der Waals surface area contributed by atoms with Crippen molar-refractivity contribution in [1.29, 1.82) is 0 Å². The lowest BCUT2D eigenvalue weighted by Crippen LogP contribution is -2.32. The molecule has 1 atom stereocenters. The van der Waals surface area contributed by atoms with Gasteiger partial charge in [-0.1, -0.05) is 17.7 Å². The lowest BCUT2D eigenvalue weighted by atomic mass is 10.2. The first-order valence-electron chi connectivity index (χ1n) is 6.43. The zero-order valence-corrected chi connectivity index (χ0v) is 14.0. The SMILES string of the molecule is O=C(c1ccc(Cl)s1)N1CCS[C@H](c2cccs2)CC1. The van der Waals surface area contributed by atoms with Crippen molar-refractivity contribution in [3.8, 4) is 0 Å². The molecule has 3 heterocycles. The van der Waals surface area contributed by atoms with E-state index in [2.05, 4.69) is 17.5 Å². The molecule has 2 aromatic heterocycles. The highest BCUT2D eigenvalue weighted by Gasteiger charge is 2.24. The highest BCUT2D eigenvalue weighted by Crippen LogP contribution is 2.37. The van der Waals surface area contributed by atoms with Crippen LogP contribution in [-0.2, 0) is 0 Å². The van der Waals surface area contributed by atoms with Crippen LogP contribution in [0.3, 0.4) is 0 Å². The van der Waals surface area contributed by atoms with Gasteiger partial charge in [0, 0.05) is 29.0 Å². The van der Waals surface area contributed by atoms with Gasteiger partial charge < -0.3 is 4.90 Å². The van der Waals surface area contributed by atoms with E-state index in [4.69, 9.17) is 11.6 Å². The van der Waals surface area contributed by atoms with E-state index in [1.54, 1.807) is 6.07 Å². The Hall–Kier alpha value is -0.490. The minimum Gasteiger partial charge on any atom is -0.337 e. The summed E-state index contributed by atoms with van der Waals surface area (Å²) in [5.74, 6) is 1.11. The Kier molecular flexibility index (Phi) is 4.71. The van der Waals surface area contributed by atoms with Crippen LogP contribution in [0.1, 0.15) is 26.2 Å². The summed E-state index contributed by atoms with van der Waals surface area (Å²) in [7, 11) is 0. The third-order valence-electron chi connectivity index (χ3n) is 3.27. The molecule has 1 fully saturated rings. The minimum atomic E-state index is 0.120. The number of thiophene rings is 2. The summed E-state index contributed by atoms with van der Waals surface area (Å²) in [5.41, 5.74) is 0. The summed E-state index contributed by atoms with van der Waals surface area (Å²) < 4.78 is 0.675. The van der Waals surface area contributed by atoms with Crippen molar-refractivity contribution in [2.45, 2.75) is 11.7 Å². The van der Waals surface area contributed by atoms with Gasteiger partial charge in [0.25, 0.3) is 5.91 Å². The summed E-state index contributed by atoms with van der Waals surface area (Å²) in [6.07, 6.45) is 1.02. The van der Waals surface area contributed by atoms with E-state index < -0.39 is 0 Å². The van der Waals surface area contributed by atoms with Crippen LogP contribution in [-0.4, -0.2) is 29.6 Å². The number of halogens is 1. The highest BCUT2D eigenvalue weighted by molar-refractivity contribution is 7.99. The first kappa shape index (κ1) is 14.4. The average molecular weight is 344 g/mol. The van der Waals surface area contributed by atoms with Crippen LogP contribution in [0.25, 0.3) is 0 Å². The van der Waals surface area contributed by atoms with Gasteiger partial charge in [0.05, 0.1) is 9.21 Å². The van der Waals surface area contributed by atoms with E-state index in [0.717, 1.165) is 30.1 Å². The number of amides is 1. The second-order valence-corrected chi connectivity index (χ2v) is 8.56. The third-order valence-corrected chi connectivity index (χ3v) is 6.94. The van der Waals surface area contributed by atoms with Gasteiger partial charge in [-0.2, -0.15) is 11.8 Å². The molecule has 0 unspecified atom stereocenters. The van der Waals surface area contributed by atoms with Gasteiger partial charge in [-0.3, -0.25) is 4.79 Å². The fourth-order valence-electron chi connectivity index (χ4n) is 2.26. The van der Waals surface area contributed by atoms with Gasteiger partial charge in [-0.05, 0) is 30.0 Å². The number of nitrogens with zero attached hydrogens (tertiary/aromatic N) is 1. The van der Waals surface area contributed by atoms with E-state index in [1.165, 1.54) is 16.2 Å². The van der Waals surface area contributed by atoms with Crippen molar-refractivity contribution in [3.63, 3.8) is 0 Å². The Labute approximate surface area is 135 Å². The van der Waals surface area contributed by atoms with Crippen LogP contribution in [0.4, 0.5) is 0 Å². The van der Waals surface area contributed by atoms with Gasteiger partial charge in [0.2, 0.25) is 0 Å². The second kappa shape index (κ2) is 6.52. The maximum Gasteiger partial charge on any atom is 0.264 e. The fraction of sp³-hybridized carbons (Fsp3) is 0.357. The van der Waals surface area contributed by atoms with Crippen molar-refractivity contribution < 1.29 is 4.79 Å². The Morgan fingerprint density at radius 1 is 1.30 bits per heavy atom. The molecular formula is C14H14ClNOS3. The van der Waals surface area contributed by atoms with E-state index in [-0.39, 0.29) is 5.91 Å². The molecule has 0 aromatic carbocycles. The van der Waals surface area contributed by atoms with Crippen molar-refractivity contribution in [2.75, 3.05) is 18.8 Å². The summed E-state index contributed by atoms with van der Waals surface area (Å²) in [4.78, 5) is 16.6. The van der Waals surface area contributed by atoms with Gasteiger partial charge in [0.1, 0.15) is 0 Å². The standard InChI is InChI=1S/C14H14ClNOS3/c15-13-4-3-12(20-13)14(17)16-6-5-11(19-9-7-16)10-2-1-8-18-10/h1-4,8,11H,5-7,9H2/t11-/m0/s1. The number of carbonyl (C=O) groups excluding carboxylic acids is 1. The molecule has 1 saturated heterocycles. The first-order chi connectivity index (χ1) is 9.74. The van der Waals surface area contributed by atoms with Crippen LogP contribution < -0.4 is 0 Å². The minimum absolute atomic E-state index is 0.120. The highest BCUT2D eigenvalue weighted by atomic mass is 35.5. The van der Waals surface area contributed by atoms with E-state index in [9.17, 15) is 4.79 Å². The van der Waals surface area contributed by atoms with Crippen LogP contribution >= 0.6 is 46.0 Å². The van der Waals surface area contributed by atoms with Crippen LogP contribution in [0.15, 0.2) is 29.6 Å². The number of carbonyl (C=O) groups is 1. The normalized spacial score (nSPS) is 19.9. The van der Waals surface area contributed by atoms with Crippen LogP contribution in [0.2, 0.25) is 4.34 Å². The number of rotatable bonds is 2. The molecule has 0 aliphatic carbocycles. The molecule has 1 aliphatic rings. The first-order valence-corrected chi connectivity index (χ1v) is 9.56. The van der Waals surface area contributed by atoms with E-state index in [0.29, 0.717) is 9.59 Å². The molecule has 0 N–H and O–H groups in total. The van der Waals surface area contributed by atoms with Gasteiger partial charge in [-0.15, -0.1) is 22.7 Å². The largest absolute Gasteiger partial charge is 0.337 e. The molecule has 1 amide bonds. The molecule has 2 aromatic rings. The van der Waals surface area contributed by atoms with Gasteiger partial charge >= 0.3 is 0 Å². The smallest absolute Gasteiger partial charge is 0.264 e. The summed E-state index contributed by atoms with van der Waals surface area (Å²) in [6, 6.07) is 7.91. The molecule has 2 nitrogen and oxygen atoms in total. The third kappa shape index (κ3) is 3.22. The van der Waals surface area contributed by atoms with Crippen molar-refractivity contribution in [1.82, 2.24) is 4.90 Å². The summed E-state index contributed by atoms with van der Waals surface area (Å²) >= 11 is 11.0. The van der Waals surface area contributed by atoms with Gasteiger partial charge in [0.15, 0.2) is 0 Å². The Morgan fingerprint density at radius 3 is 2.90 bits per heavy atom. The number of hydrogen-bond donors (Lipinski definition) is 0.